The molecule has 0 radical (unpaired) electrons. The average Bonchev–Trinajstić information content (AvgIpc) is 3.34. The maximum Gasteiger partial charge on any atom is 0.489 e. The summed E-state index contributed by atoms with van der Waals surface area (Å²) in [6.45, 7) is 5.44. The molecule has 5 aromatic rings. The number of fused-ring (bicyclic) bond motifs is 1. The van der Waals surface area contributed by atoms with Crippen LogP contribution in [0.2, 0.25) is 0 Å². The number of alkyl halides is 3. The number of hydrogen-bond donors (Lipinski definition) is 3. The summed E-state index contributed by atoms with van der Waals surface area (Å²) >= 11 is 0. The molecule has 0 bridgehead atoms. The molecule has 4 heterocycles. The van der Waals surface area contributed by atoms with Crippen molar-refractivity contribution in [2.45, 2.75) is 51.9 Å². The van der Waals surface area contributed by atoms with Gasteiger partial charge in [0.1, 0.15) is 11.7 Å². The third-order valence-corrected chi connectivity index (χ3v) is 9.12. The van der Waals surface area contributed by atoms with Crippen LogP contribution in [-0.2, 0) is 23.7 Å². The molecule has 1 saturated heterocycles. The molecule has 1 aliphatic rings. The minimum Gasteiger partial charge on any atom is -0.374 e. The van der Waals surface area contributed by atoms with Gasteiger partial charge in [0.2, 0.25) is 11.8 Å². The SMILES string of the molecule is Cc1cc(-c2ccc(N(c3cc(C(C)C)c4c(c3)n(C)c(=O)n4C)C(F)(F)F)cn2)cnc1C(=O)NCC#Cc1cccc(NC2CCC(=O)NC2=O)c1. The van der Waals surface area contributed by atoms with Gasteiger partial charge in [-0.2, -0.15) is 0 Å². The lowest BCUT2D eigenvalue weighted by Crippen LogP contribution is -2.47. The average molecular weight is 739 g/mol. The fraction of sp³-hybridized carbons (Fsp3) is 0.282. The van der Waals surface area contributed by atoms with E-state index in [1.54, 1.807) is 44.3 Å². The first-order valence-electron chi connectivity index (χ1n) is 17.1. The van der Waals surface area contributed by atoms with Crippen molar-refractivity contribution in [3.8, 4) is 23.1 Å². The number of imide groups is 1. The monoisotopic (exact) mass is 738 g/mol. The summed E-state index contributed by atoms with van der Waals surface area (Å²) in [4.78, 5) is 57.9. The normalized spacial score (nSPS) is 14.4. The van der Waals surface area contributed by atoms with Crippen LogP contribution < -0.4 is 26.5 Å². The number of rotatable bonds is 8. The Morgan fingerprint density at radius 1 is 1.02 bits per heavy atom. The molecule has 3 N–H and O–H groups in total. The van der Waals surface area contributed by atoms with Gasteiger partial charge in [-0.1, -0.05) is 31.8 Å². The number of nitrogens with zero attached hydrogens (tertiary/aromatic N) is 5. The van der Waals surface area contributed by atoms with E-state index < -0.39 is 18.2 Å². The molecular formula is C39H37F3N8O4. The van der Waals surface area contributed by atoms with Crippen LogP contribution in [0.25, 0.3) is 22.3 Å². The Morgan fingerprint density at radius 3 is 2.46 bits per heavy atom. The number of benzene rings is 2. The van der Waals surface area contributed by atoms with Gasteiger partial charge in [-0.3, -0.25) is 43.7 Å². The predicted octanol–water partition coefficient (Wildman–Crippen LogP) is 5.42. The lowest BCUT2D eigenvalue weighted by Gasteiger charge is -2.28. The number of nitrogens with one attached hydrogen (secondary N) is 3. The summed E-state index contributed by atoms with van der Waals surface area (Å²) in [5.74, 6) is 4.57. The van der Waals surface area contributed by atoms with Crippen LogP contribution in [-0.4, -0.2) is 55.7 Å². The number of hydrogen-bond acceptors (Lipinski definition) is 8. The fourth-order valence-corrected chi connectivity index (χ4v) is 6.40. The summed E-state index contributed by atoms with van der Waals surface area (Å²) in [6, 6.07) is 13.8. The molecule has 3 aromatic heterocycles. The van der Waals surface area contributed by atoms with E-state index in [0.29, 0.717) is 51.1 Å². The summed E-state index contributed by atoms with van der Waals surface area (Å²) in [5.41, 5.74) is 3.71. The third kappa shape index (κ3) is 7.68. The van der Waals surface area contributed by atoms with E-state index in [1.165, 1.54) is 46.6 Å². The molecule has 1 aliphatic heterocycles. The Kier molecular flexibility index (Phi) is 10.3. The second-order valence-corrected chi connectivity index (χ2v) is 13.3. The molecule has 1 fully saturated rings. The molecule has 6 rings (SSSR count). The number of carbonyl (C=O) groups is 3. The molecular weight excluding hydrogens is 701 g/mol. The van der Waals surface area contributed by atoms with Crippen LogP contribution in [0.1, 0.15) is 59.8 Å². The van der Waals surface area contributed by atoms with Crippen LogP contribution in [0.3, 0.4) is 0 Å². The zero-order valence-electron chi connectivity index (χ0n) is 30.1. The van der Waals surface area contributed by atoms with Crippen molar-refractivity contribution < 1.29 is 27.6 Å². The van der Waals surface area contributed by atoms with Crippen molar-refractivity contribution >= 4 is 45.8 Å². The molecule has 1 atom stereocenters. The van der Waals surface area contributed by atoms with E-state index in [9.17, 15) is 32.3 Å². The molecule has 2 aromatic carbocycles. The first kappa shape index (κ1) is 37.3. The highest BCUT2D eigenvalue weighted by atomic mass is 19.4. The van der Waals surface area contributed by atoms with Crippen molar-refractivity contribution in [3.63, 3.8) is 0 Å². The van der Waals surface area contributed by atoms with Crippen molar-refractivity contribution in [1.29, 1.82) is 0 Å². The van der Waals surface area contributed by atoms with Gasteiger partial charge < -0.3 is 10.6 Å². The molecule has 3 amide bonds. The van der Waals surface area contributed by atoms with Crippen LogP contribution >= 0.6 is 0 Å². The minimum atomic E-state index is -4.81. The second-order valence-electron chi connectivity index (χ2n) is 13.3. The fourth-order valence-electron chi connectivity index (χ4n) is 6.40. The molecule has 278 valence electrons. The van der Waals surface area contributed by atoms with E-state index in [0.717, 1.165) is 6.20 Å². The van der Waals surface area contributed by atoms with Gasteiger partial charge in [0, 0.05) is 43.5 Å². The molecule has 1 unspecified atom stereocenters. The standard InChI is InChI=1S/C39H37F3N8O4/c1-22(2)29-18-28(19-32-35(29)49(5)38(54)48(32)4)50(39(40,41)42)27-11-12-30(44-21-27)25-16-23(3)34(45-20-25)37(53)43-15-7-9-24-8-6-10-26(17-24)46-31-13-14-33(51)47-36(31)52/h6,8,10-12,16-22,31,46H,13-15H2,1-5H3,(H,43,53)(H,47,51,52). The van der Waals surface area contributed by atoms with Gasteiger partial charge in [-0.15, -0.1) is 13.2 Å². The largest absolute Gasteiger partial charge is 0.489 e. The van der Waals surface area contributed by atoms with E-state index in [2.05, 4.69) is 37.8 Å². The van der Waals surface area contributed by atoms with Gasteiger partial charge in [-0.25, -0.2) is 4.79 Å². The number of pyridine rings is 2. The van der Waals surface area contributed by atoms with E-state index >= 15 is 0 Å². The smallest absolute Gasteiger partial charge is 0.374 e. The zero-order valence-corrected chi connectivity index (χ0v) is 30.1. The first-order chi connectivity index (χ1) is 25.6. The van der Waals surface area contributed by atoms with Crippen molar-refractivity contribution in [2.75, 3.05) is 16.8 Å². The number of amides is 3. The van der Waals surface area contributed by atoms with Crippen molar-refractivity contribution in [2.24, 2.45) is 14.1 Å². The predicted molar refractivity (Wildman–Crippen MR) is 198 cm³/mol. The second kappa shape index (κ2) is 14.9. The third-order valence-electron chi connectivity index (χ3n) is 9.12. The number of halogens is 3. The molecule has 0 spiro atoms. The van der Waals surface area contributed by atoms with Crippen LogP contribution in [0, 0.1) is 18.8 Å². The topological polar surface area (TPSA) is 143 Å². The van der Waals surface area contributed by atoms with Gasteiger partial charge in [0.05, 0.1) is 40.8 Å². The van der Waals surface area contributed by atoms with Gasteiger partial charge in [0.15, 0.2) is 0 Å². The van der Waals surface area contributed by atoms with Crippen LogP contribution in [0.15, 0.2) is 71.8 Å². The van der Waals surface area contributed by atoms with Gasteiger partial charge in [-0.05, 0) is 78.9 Å². The highest BCUT2D eigenvalue weighted by Crippen LogP contribution is 2.40. The number of imidazole rings is 1. The number of anilines is 3. The minimum absolute atomic E-state index is 0.0252. The van der Waals surface area contributed by atoms with Gasteiger partial charge >= 0.3 is 12.0 Å². The number of carbonyl (C=O) groups excluding carboxylic acids is 3. The summed E-state index contributed by atoms with van der Waals surface area (Å²) in [7, 11) is 3.13. The van der Waals surface area contributed by atoms with Gasteiger partial charge in [0.25, 0.3) is 5.91 Å². The maximum absolute atomic E-state index is 14.7. The molecule has 0 saturated carbocycles. The van der Waals surface area contributed by atoms with E-state index in [-0.39, 0.29) is 58.4 Å². The molecule has 15 heteroatoms. The molecule has 0 aliphatic carbocycles. The zero-order chi connectivity index (χ0) is 38.9. The Hall–Kier alpha value is -6.43. The highest BCUT2D eigenvalue weighted by Gasteiger charge is 2.40. The Labute approximate surface area is 308 Å². The van der Waals surface area contributed by atoms with Crippen LogP contribution in [0.5, 0.6) is 0 Å². The number of aryl methyl sites for hydroxylation is 3. The van der Waals surface area contributed by atoms with E-state index in [1.807, 2.05) is 13.8 Å². The lowest BCUT2D eigenvalue weighted by atomic mass is 10.00. The summed E-state index contributed by atoms with van der Waals surface area (Å²) in [6.07, 6.45) is -1.61. The lowest BCUT2D eigenvalue weighted by molar-refractivity contribution is -0.133. The molecule has 54 heavy (non-hydrogen) atoms. The quantitative estimate of drug-likeness (QED) is 0.109. The first-order valence-corrected chi connectivity index (χ1v) is 17.1. The van der Waals surface area contributed by atoms with Crippen molar-refractivity contribution in [1.82, 2.24) is 29.7 Å². The van der Waals surface area contributed by atoms with Crippen molar-refractivity contribution in [3.05, 3.63) is 99.9 Å². The summed E-state index contributed by atoms with van der Waals surface area (Å²) < 4.78 is 46.8. The molecule has 12 nitrogen and oxygen atoms in total. The summed E-state index contributed by atoms with van der Waals surface area (Å²) in [5, 5.41) is 8.13. The Balaban J connectivity index is 1.14. The number of piperidine rings is 1. The highest BCUT2D eigenvalue weighted by molar-refractivity contribution is 6.01. The maximum atomic E-state index is 14.7. The van der Waals surface area contributed by atoms with Crippen LogP contribution in [0.4, 0.5) is 30.2 Å². The number of aromatic nitrogens is 4. The Morgan fingerprint density at radius 2 is 1.80 bits per heavy atom. The Bertz CT molecular complexity index is 2410. The van der Waals surface area contributed by atoms with E-state index in [4.69, 9.17) is 0 Å².